The third-order valence-corrected chi connectivity index (χ3v) is 3.88. The normalized spacial score (nSPS) is 15.9. The number of nitrogens with one attached hydrogen (secondary N) is 2. The smallest absolute Gasteiger partial charge is 0.224 e. The van der Waals surface area contributed by atoms with Crippen LogP contribution >= 0.6 is 0 Å². The first-order chi connectivity index (χ1) is 9.65. The Kier molecular flexibility index (Phi) is 5.41. The highest BCUT2D eigenvalue weighted by Crippen LogP contribution is 2.20. The van der Waals surface area contributed by atoms with Crippen molar-refractivity contribution in [2.45, 2.75) is 25.7 Å². The highest BCUT2D eigenvalue weighted by molar-refractivity contribution is 5.91. The Balaban J connectivity index is 1.80. The van der Waals surface area contributed by atoms with Gasteiger partial charge in [-0.2, -0.15) is 0 Å². The fourth-order valence-electron chi connectivity index (χ4n) is 2.59. The molecule has 4 heteroatoms. The second-order valence-electron chi connectivity index (χ2n) is 5.72. The average molecular weight is 275 g/mol. The molecule has 0 aliphatic carbocycles. The van der Waals surface area contributed by atoms with E-state index < -0.39 is 0 Å². The maximum Gasteiger partial charge on any atom is 0.224 e. The summed E-state index contributed by atoms with van der Waals surface area (Å²) in [7, 11) is 4.00. The minimum atomic E-state index is 0.124. The zero-order valence-electron chi connectivity index (χ0n) is 12.5. The van der Waals surface area contributed by atoms with Crippen LogP contribution in [-0.4, -0.2) is 33.1 Å². The lowest BCUT2D eigenvalue weighted by atomic mass is 9.93. The molecule has 0 aromatic heterocycles. The molecule has 0 spiro atoms. The standard InChI is InChI=1S/C16H25N3O/c1-19(2)15-5-3-4-14(12-15)18-16(20)7-6-13-8-10-17-11-9-13/h3-5,12-13,17H,6-11H2,1-2H3,(H,18,20). The largest absolute Gasteiger partial charge is 0.378 e. The molecule has 1 aromatic rings. The molecule has 1 aromatic carbocycles. The molecule has 1 aliphatic heterocycles. The van der Waals surface area contributed by atoms with Crippen LogP contribution in [0.2, 0.25) is 0 Å². The lowest BCUT2D eigenvalue weighted by Crippen LogP contribution is -2.28. The summed E-state index contributed by atoms with van der Waals surface area (Å²) in [6, 6.07) is 7.94. The molecular formula is C16H25N3O. The van der Waals surface area contributed by atoms with Crippen molar-refractivity contribution in [3.8, 4) is 0 Å². The van der Waals surface area contributed by atoms with Gasteiger partial charge in [0, 0.05) is 31.9 Å². The summed E-state index contributed by atoms with van der Waals surface area (Å²) in [5.41, 5.74) is 1.98. The number of anilines is 2. The molecule has 0 unspecified atom stereocenters. The van der Waals surface area contributed by atoms with Crippen LogP contribution in [0.15, 0.2) is 24.3 Å². The minimum absolute atomic E-state index is 0.124. The van der Waals surface area contributed by atoms with Crippen LogP contribution in [0.5, 0.6) is 0 Å². The Morgan fingerprint density at radius 1 is 1.35 bits per heavy atom. The second kappa shape index (κ2) is 7.29. The molecule has 0 saturated carbocycles. The number of carbonyl (C=O) groups excluding carboxylic acids is 1. The van der Waals surface area contributed by atoms with Crippen molar-refractivity contribution in [2.75, 3.05) is 37.4 Å². The van der Waals surface area contributed by atoms with Gasteiger partial charge in [0.25, 0.3) is 0 Å². The number of benzene rings is 1. The van der Waals surface area contributed by atoms with E-state index in [0.717, 1.165) is 30.9 Å². The van der Waals surface area contributed by atoms with Gasteiger partial charge in [0.15, 0.2) is 0 Å². The molecule has 2 rings (SSSR count). The Labute approximate surface area is 121 Å². The van der Waals surface area contributed by atoms with Gasteiger partial charge >= 0.3 is 0 Å². The van der Waals surface area contributed by atoms with Crippen LogP contribution in [0.4, 0.5) is 11.4 Å². The molecular weight excluding hydrogens is 250 g/mol. The van der Waals surface area contributed by atoms with Gasteiger partial charge in [0.2, 0.25) is 5.91 Å². The number of hydrogen-bond donors (Lipinski definition) is 2. The first-order valence-corrected chi connectivity index (χ1v) is 7.43. The van der Waals surface area contributed by atoms with E-state index in [1.807, 2.05) is 43.3 Å². The summed E-state index contributed by atoms with van der Waals surface area (Å²) in [4.78, 5) is 14.0. The van der Waals surface area contributed by atoms with E-state index in [1.54, 1.807) is 0 Å². The minimum Gasteiger partial charge on any atom is -0.378 e. The molecule has 0 bridgehead atoms. The molecule has 1 fully saturated rings. The molecule has 0 atom stereocenters. The van der Waals surface area contributed by atoms with Crippen LogP contribution in [0, 0.1) is 5.92 Å². The topological polar surface area (TPSA) is 44.4 Å². The maximum atomic E-state index is 12.0. The van der Waals surface area contributed by atoms with Gasteiger partial charge in [0.1, 0.15) is 0 Å². The fraction of sp³-hybridized carbons (Fsp3) is 0.562. The van der Waals surface area contributed by atoms with Crippen molar-refractivity contribution < 1.29 is 4.79 Å². The van der Waals surface area contributed by atoms with Crippen molar-refractivity contribution in [1.29, 1.82) is 0 Å². The molecule has 1 saturated heterocycles. The van der Waals surface area contributed by atoms with Gasteiger partial charge in [-0.05, 0) is 56.5 Å². The van der Waals surface area contributed by atoms with Crippen molar-refractivity contribution >= 4 is 17.3 Å². The third kappa shape index (κ3) is 4.53. The predicted molar refractivity (Wildman–Crippen MR) is 84.2 cm³/mol. The van der Waals surface area contributed by atoms with E-state index in [4.69, 9.17) is 0 Å². The van der Waals surface area contributed by atoms with Crippen molar-refractivity contribution in [2.24, 2.45) is 5.92 Å². The molecule has 110 valence electrons. The summed E-state index contributed by atoms with van der Waals surface area (Å²) < 4.78 is 0. The first kappa shape index (κ1) is 14.9. The Hall–Kier alpha value is -1.55. The number of hydrogen-bond acceptors (Lipinski definition) is 3. The van der Waals surface area contributed by atoms with Crippen molar-refractivity contribution in [3.63, 3.8) is 0 Å². The fourth-order valence-corrected chi connectivity index (χ4v) is 2.59. The zero-order chi connectivity index (χ0) is 14.4. The van der Waals surface area contributed by atoms with Crippen LogP contribution in [0.3, 0.4) is 0 Å². The van der Waals surface area contributed by atoms with E-state index in [1.165, 1.54) is 12.8 Å². The number of amides is 1. The highest BCUT2D eigenvalue weighted by atomic mass is 16.1. The van der Waals surface area contributed by atoms with Crippen LogP contribution in [-0.2, 0) is 4.79 Å². The predicted octanol–water partition coefficient (Wildman–Crippen LogP) is 2.47. The van der Waals surface area contributed by atoms with Gasteiger partial charge in [0.05, 0.1) is 0 Å². The molecule has 1 amide bonds. The van der Waals surface area contributed by atoms with Gasteiger partial charge in [-0.1, -0.05) is 6.07 Å². The van der Waals surface area contributed by atoms with Crippen molar-refractivity contribution in [3.05, 3.63) is 24.3 Å². The Morgan fingerprint density at radius 2 is 2.10 bits per heavy atom. The average Bonchev–Trinajstić information content (AvgIpc) is 2.46. The molecule has 2 N–H and O–H groups in total. The highest BCUT2D eigenvalue weighted by Gasteiger charge is 2.14. The van der Waals surface area contributed by atoms with E-state index in [2.05, 4.69) is 10.6 Å². The number of piperidine rings is 1. The summed E-state index contributed by atoms with van der Waals surface area (Å²) >= 11 is 0. The molecule has 4 nitrogen and oxygen atoms in total. The Bertz CT molecular complexity index is 439. The quantitative estimate of drug-likeness (QED) is 0.867. The van der Waals surface area contributed by atoms with E-state index in [9.17, 15) is 4.79 Å². The van der Waals surface area contributed by atoms with E-state index in [0.29, 0.717) is 12.3 Å². The van der Waals surface area contributed by atoms with E-state index >= 15 is 0 Å². The molecule has 1 heterocycles. The SMILES string of the molecule is CN(C)c1cccc(NC(=O)CCC2CCNCC2)c1. The molecule has 20 heavy (non-hydrogen) atoms. The monoisotopic (exact) mass is 275 g/mol. The second-order valence-corrected chi connectivity index (χ2v) is 5.72. The van der Waals surface area contributed by atoms with Gasteiger partial charge < -0.3 is 15.5 Å². The summed E-state index contributed by atoms with van der Waals surface area (Å²) in [6.07, 6.45) is 4.02. The van der Waals surface area contributed by atoms with Crippen LogP contribution in [0.25, 0.3) is 0 Å². The Morgan fingerprint density at radius 3 is 2.80 bits per heavy atom. The van der Waals surface area contributed by atoms with Crippen LogP contribution < -0.4 is 15.5 Å². The molecule has 1 aliphatic rings. The maximum absolute atomic E-state index is 12.0. The lowest BCUT2D eigenvalue weighted by molar-refractivity contribution is -0.116. The zero-order valence-corrected chi connectivity index (χ0v) is 12.5. The first-order valence-electron chi connectivity index (χ1n) is 7.43. The van der Waals surface area contributed by atoms with Gasteiger partial charge in [-0.25, -0.2) is 0 Å². The lowest BCUT2D eigenvalue weighted by Gasteiger charge is -2.22. The van der Waals surface area contributed by atoms with E-state index in [-0.39, 0.29) is 5.91 Å². The number of rotatable bonds is 5. The third-order valence-electron chi connectivity index (χ3n) is 3.88. The van der Waals surface area contributed by atoms with Gasteiger partial charge in [-0.3, -0.25) is 4.79 Å². The summed E-state index contributed by atoms with van der Waals surface area (Å²) in [5, 5.41) is 6.35. The van der Waals surface area contributed by atoms with Crippen LogP contribution in [0.1, 0.15) is 25.7 Å². The summed E-state index contributed by atoms with van der Waals surface area (Å²) in [5.74, 6) is 0.828. The van der Waals surface area contributed by atoms with Crippen molar-refractivity contribution in [1.82, 2.24) is 5.32 Å². The number of carbonyl (C=O) groups is 1. The number of nitrogens with zero attached hydrogens (tertiary/aromatic N) is 1. The summed E-state index contributed by atoms with van der Waals surface area (Å²) in [6.45, 7) is 2.19. The molecule has 0 radical (unpaired) electrons. The van der Waals surface area contributed by atoms with Gasteiger partial charge in [-0.15, -0.1) is 0 Å².